The monoisotopic (exact) mass is 283 g/mol. The van der Waals surface area contributed by atoms with Crippen molar-refractivity contribution < 1.29 is 13.2 Å². The third-order valence-electron chi connectivity index (χ3n) is 3.12. The highest BCUT2D eigenvalue weighted by atomic mass is 19.4. The van der Waals surface area contributed by atoms with Crippen LogP contribution in [0.3, 0.4) is 0 Å². The zero-order valence-corrected chi connectivity index (χ0v) is 11.3. The van der Waals surface area contributed by atoms with Gasteiger partial charge in [-0.2, -0.15) is 18.3 Å². The minimum absolute atomic E-state index is 0.292. The molecule has 0 aliphatic carbocycles. The van der Waals surface area contributed by atoms with Crippen LogP contribution in [-0.2, 0) is 12.7 Å². The maximum absolute atomic E-state index is 12.8. The molecule has 0 radical (unpaired) electrons. The van der Waals surface area contributed by atoms with Crippen LogP contribution in [0.25, 0.3) is 11.3 Å². The quantitative estimate of drug-likeness (QED) is 0.935. The molecular weight excluding hydrogens is 267 g/mol. The van der Waals surface area contributed by atoms with Crippen molar-refractivity contribution in [3.63, 3.8) is 0 Å². The van der Waals surface area contributed by atoms with Crippen molar-refractivity contribution in [3.8, 4) is 11.3 Å². The minimum Gasteiger partial charge on any atom is -0.324 e. The minimum atomic E-state index is -4.36. The lowest BCUT2D eigenvalue weighted by Gasteiger charge is -2.13. The summed E-state index contributed by atoms with van der Waals surface area (Å²) in [6.45, 7) is 4.24. The first-order valence-corrected chi connectivity index (χ1v) is 6.33. The van der Waals surface area contributed by atoms with E-state index in [1.165, 1.54) is 6.07 Å². The Balaban J connectivity index is 2.59. The van der Waals surface area contributed by atoms with E-state index in [0.29, 0.717) is 17.8 Å². The second kappa shape index (κ2) is 5.28. The summed E-state index contributed by atoms with van der Waals surface area (Å²) in [7, 11) is 0. The van der Waals surface area contributed by atoms with E-state index >= 15 is 0 Å². The van der Waals surface area contributed by atoms with Gasteiger partial charge < -0.3 is 5.73 Å². The smallest absolute Gasteiger partial charge is 0.324 e. The summed E-state index contributed by atoms with van der Waals surface area (Å²) in [4.78, 5) is 0. The molecule has 0 amide bonds. The van der Waals surface area contributed by atoms with Crippen molar-refractivity contribution in [1.82, 2.24) is 9.78 Å². The van der Waals surface area contributed by atoms with Crippen LogP contribution in [0.5, 0.6) is 0 Å². The van der Waals surface area contributed by atoms with Gasteiger partial charge in [0.1, 0.15) is 0 Å². The number of alkyl halides is 3. The van der Waals surface area contributed by atoms with E-state index in [1.807, 2.05) is 6.92 Å². The number of hydrogen-bond acceptors (Lipinski definition) is 2. The lowest BCUT2D eigenvalue weighted by Crippen LogP contribution is -2.09. The zero-order valence-electron chi connectivity index (χ0n) is 11.3. The molecule has 0 saturated heterocycles. The number of nitrogens with two attached hydrogens (primary N) is 1. The standard InChI is InChI=1S/C14H16F3N3/c1-3-20-13(12(8-19-20)9(2)18)10-5-4-6-11(7-10)14(15,16)17/h4-9H,3,18H2,1-2H3. The molecule has 20 heavy (non-hydrogen) atoms. The van der Waals surface area contributed by atoms with E-state index in [-0.39, 0.29) is 6.04 Å². The van der Waals surface area contributed by atoms with Crippen molar-refractivity contribution in [2.24, 2.45) is 5.73 Å². The lowest BCUT2D eigenvalue weighted by atomic mass is 10.0. The van der Waals surface area contributed by atoms with Crippen LogP contribution < -0.4 is 5.73 Å². The number of rotatable bonds is 3. The van der Waals surface area contributed by atoms with E-state index in [2.05, 4.69) is 5.10 Å². The number of aromatic nitrogens is 2. The van der Waals surface area contributed by atoms with Gasteiger partial charge in [0.05, 0.1) is 17.5 Å². The van der Waals surface area contributed by atoms with E-state index in [4.69, 9.17) is 5.73 Å². The fourth-order valence-electron chi connectivity index (χ4n) is 2.13. The highest BCUT2D eigenvalue weighted by Crippen LogP contribution is 2.34. The zero-order chi connectivity index (χ0) is 14.9. The fourth-order valence-corrected chi connectivity index (χ4v) is 2.13. The van der Waals surface area contributed by atoms with E-state index in [0.717, 1.165) is 17.7 Å². The molecular formula is C14H16F3N3. The van der Waals surface area contributed by atoms with Gasteiger partial charge in [0.2, 0.25) is 0 Å². The molecule has 6 heteroatoms. The lowest BCUT2D eigenvalue weighted by molar-refractivity contribution is -0.137. The number of hydrogen-bond donors (Lipinski definition) is 1. The molecule has 1 aromatic carbocycles. The van der Waals surface area contributed by atoms with Gasteiger partial charge in [-0.05, 0) is 26.0 Å². The predicted molar refractivity (Wildman–Crippen MR) is 70.9 cm³/mol. The first kappa shape index (κ1) is 14.6. The summed E-state index contributed by atoms with van der Waals surface area (Å²) in [5.41, 5.74) is 7.06. The SMILES string of the molecule is CCn1ncc(C(C)N)c1-c1cccc(C(F)(F)F)c1. The fraction of sp³-hybridized carbons (Fsp3) is 0.357. The average Bonchev–Trinajstić information content (AvgIpc) is 2.81. The molecule has 2 rings (SSSR count). The summed E-state index contributed by atoms with van der Waals surface area (Å²) in [6.07, 6.45) is -2.74. The van der Waals surface area contributed by atoms with Gasteiger partial charge >= 0.3 is 6.18 Å². The van der Waals surface area contributed by atoms with Gasteiger partial charge in [-0.1, -0.05) is 12.1 Å². The predicted octanol–water partition coefficient (Wildman–Crippen LogP) is 3.61. The molecule has 0 spiro atoms. The first-order valence-electron chi connectivity index (χ1n) is 6.33. The topological polar surface area (TPSA) is 43.8 Å². The van der Waals surface area contributed by atoms with Gasteiger partial charge in [0.15, 0.2) is 0 Å². The number of aryl methyl sites for hydroxylation is 1. The highest BCUT2D eigenvalue weighted by Gasteiger charge is 2.31. The third kappa shape index (κ3) is 2.70. The Bertz CT molecular complexity index is 600. The van der Waals surface area contributed by atoms with E-state index in [1.54, 1.807) is 23.9 Å². The van der Waals surface area contributed by atoms with Crippen LogP contribution in [0.4, 0.5) is 13.2 Å². The highest BCUT2D eigenvalue weighted by molar-refractivity contribution is 5.65. The van der Waals surface area contributed by atoms with E-state index < -0.39 is 11.7 Å². The molecule has 1 unspecified atom stereocenters. The Morgan fingerprint density at radius 1 is 1.35 bits per heavy atom. The van der Waals surface area contributed by atoms with Crippen molar-refractivity contribution in [2.75, 3.05) is 0 Å². The van der Waals surface area contributed by atoms with Crippen LogP contribution >= 0.6 is 0 Å². The molecule has 108 valence electrons. The van der Waals surface area contributed by atoms with Crippen LogP contribution in [0.1, 0.15) is 31.0 Å². The van der Waals surface area contributed by atoms with Gasteiger partial charge in [-0.3, -0.25) is 4.68 Å². The first-order chi connectivity index (χ1) is 9.34. The molecule has 0 saturated carbocycles. The summed E-state index contributed by atoms with van der Waals surface area (Å²) < 4.78 is 40.1. The molecule has 1 aromatic heterocycles. The van der Waals surface area contributed by atoms with E-state index in [9.17, 15) is 13.2 Å². The summed E-state index contributed by atoms with van der Waals surface area (Å²) in [5.74, 6) is 0. The number of nitrogens with zero attached hydrogens (tertiary/aromatic N) is 2. The molecule has 0 fully saturated rings. The molecule has 2 aromatic rings. The van der Waals surface area contributed by atoms with Crippen LogP contribution in [0, 0.1) is 0 Å². The van der Waals surface area contributed by atoms with Gasteiger partial charge in [0, 0.05) is 23.7 Å². The Morgan fingerprint density at radius 2 is 2.05 bits per heavy atom. The van der Waals surface area contributed by atoms with Crippen LogP contribution in [-0.4, -0.2) is 9.78 Å². The molecule has 1 heterocycles. The summed E-state index contributed by atoms with van der Waals surface area (Å²) >= 11 is 0. The Hall–Kier alpha value is -1.82. The molecule has 3 nitrogen and oxygen atoms in total. The molecule has 2 N–H and O–H groups in total. The van der Waals surface area contributed by atoms with Crippen LogP contribution in [0.2, 0.25) is 0 Å². The molecule has 1 atom stereocenters. The maximum Gasteiger partial charge on any atom is 0.416 e. The van der Waals surface area contributed by atoms with Crippen molar-refractivity contribution in [3.05, 3.63) is 41.6 Å². The normalized spacial score (nSPS) is 13.5. The maximum atomic E-state index is 12.8. The second-order valence-corrected chi connectivity index (χ2v) is 4.63. The summed E-state index contributed by atoms with van der Waals surface area (Å²) in [5, 5.41) is 4.18. The number of benzene rings is 1. The second-order valence-electron chi connectivity index (χ2n) is 4.63. The Kier molecular flexibility index (Phi) is 3.85. The Labute approximate surface area is 115 Å². The van der Waals surface area contributed by atoms with Gasteiger partial charge in [-0.15, -0.1) is 0 Å². The third-order valence-corrected chi connectivity index (χ3v) is 3.12. The number of halogens is 3. The Morgan fingerprint density at radius 3 is 2.60 bits per heavy atom. The van der Waals surface area contributed by atoms with Crippen molar-refractivity contribution >= 4 is 0 Å². The molecule has 0 bridgehead atoms. The van der Waals surface area contributed by atoms with Gasteiger partial charge in [-0.25, -0.2) is 0 Å². The van der Waals surface area contributed by atoms with Crippen molar-refractivity contribution in [1.29, 1.82) is 0 Å². The largest absolute Gasteiger partial charge is 0.416 e. The van der Waals surface area contributed by atoms with Crippen molar-refractivity contribution in [2.45, 2.75) is 32.6 Å². The average molecular weight is 283 g/mol. The van der Waals surface area contributed by atoms with Crippen LogP contribution in [0.15, 0.2) is 30.5 Å². The molecule has 0 aliphatic rings. The summed E-state index contributed by atoms with van der Waals surface area (Å²) in [6, 6.07) is 4.94. The molecule has 0 aliphatic heterocycles. The van der Waals surface area contributed by atoms with Gasteiger partial charge in [0.25, 0.3) is 0 Å².